The standard InChI is InChI=1S/C27H35F4N5O2/c1-18(27(29,30)31)38-25-4-3-21-7-12-36(13-8-23(21)35-25)14-11-26(28)9-5-22(6-10-26)34-24(37)15-20-16-32-19(2)33-17-20/h3-4,16-18,22H,5-15H2,1-2H3,(H,34,37)/t18-,22?,26?/m1/s1. The van der Waals surface area contributed by atoms with Gasteiger partial charge >= 0.3 is 6.18 Å². The Morgan fingerprint density at radius 3 is 2.55 bits per heavy atom. The summed E-state index contributed by atoms with van der Waals surface area (Å²) in [7, 11) is 0. The van der Waals surface area contributed by atoms with Gasteiger partial charge in [-0.05, 0) is 63.5 Å². The van der Waals surface area contributed by atoms with Crippen molar-refractivity contribution in [3.05, 3.63) is 47.2 Å². The van der Waals surface area contributed by atoms with E-state index in [4.69, 9.17) is 4.74 Å². The topological polar surface area (TPSA) is 80.2 Å². The van der Waals surface area contributed by atoms with Gasteiger partial charge in [-0.25, -0.2) is 19.3 Å². The van der Waals surface area contributed by atoms with Crippen molar-refractivity contribution in [3.63, 3.8) is 0 Å². The highest BCUT2D eigenvalue weighted by molar-refractivity contribution is 5.78. The number of carbonyl (C=O) groups is 1. The normalized spacial score (nSPS) is 23.3. The summed E-state index contributed by atoms with van der Waals surface area (Å²) in [6, 6.07) is 3.23. The maximum atomic E-state index is 15.6. The van der Waals surface area contributed by atoms with Gasteiger partial charge in [0.2, 0.25) is 11.8 Å². The smallest absolute Gasteiger partial charge is 0.425 e. The van der Waals surface area contributed by atoms with Crippen LogP contribution < -0.4 is 10.1 Å². The lowest BCUT2D eigenvalue weighted by atomic mass is 9.81. The lowest BCUT2D eigenvalue weighted by molar-refractivity contribution is -0.190. The highest BCUT2D eigenvalue weighted by Gasteiger charge is 2.38. The quantitative estimate of drug-likeness (QED) is 0.506. The second-order valence-corrected chi connectivity index (χ2v) is 10.5. The Balaban J connectivity index is 1.20. The summed E-state index contributed by atoms with van der Waals surface area (Å²) >= 11 is 0. The van der Waals surface area contributed by atoms with Crippen molar-refractivity contribution in [1.29, 1.82) is 0 Å². The van der Waals surface area contributed by atoms with E-state index in [1.807, 2.05) is 0 Å². The molecule has 1 aliphatic heterocycles. The van der Waals surface area contributed by atoms with Crippen molar-refractivity contribution in [2.75, 3.05) is 19.6 Å². The van der Waals surface area contributed by atoms with Gasteiger partial charge in [-0.2, -0.15) is 13.2 Å². The first kappa shape index (κ1) is 28.2. The second kappa shape index (κ2) is 11.9. The van der Waals surface area contributed by atoms with Crippen LogP contribution in [0.25, 0.3) is 0 Å². The lowest BCUT2D eigenvalue weighted by Crippen LogP contribution is -2.43. The van der Waals surface area contributed by atoms with Crippen LogP contribution in [0.5, 0.6) is 5.88 Å². The third-order valence-corrected chi connectivity index (χ3v) is 7.49. The Bertz CT molecular complexity index is 1090. The van der Waals surface area contributed by atoms with Gasteiger partial charge in [0.25, 0.3) is 0 Å². The van der Waals surface area contributed by atoms with E-state index >= 15 is 4.39 Å². The fraction of sp³-hybridized carbons (Fsp3) is 0.630. The molecule has 4 rings (SSSR count). The van der Waals surface area contributed by atoms with E-state index < -0.39 is 17.9 Å². The lowest BCUT2D eigenvalue weighted by Gasteiger charge is -2.35. The summed E-state index contributed by atoms with van der Waals surface area (Å²) in [6.45, 7) is 4.75. The minimum absolute atomic E-state index is 0.0270. The van der Waals surface area contributed by atoms with Gasteiger partial charge in [0, 0.05) is 56.3 Å². The molecule has 1 atom stereocenters. The third kappa shape index (κ3) is 7.85. The molecule has 1 amide bonds. The summed E-state index contributed by atoms with van der Waals surface area (Å²) in [4.78, 5) is 27.1. The molecule has 7 nitrogen and oxygen atoms in total. The van der Waals surface area contributed by atoms with Crippen molar-refractivity contribution in [2.24, 2.45) is 0 Å². The molecule has 208 valence electrons. The number of hydrogen-bond acceptors (Lipinski definition) is 6. The van der Waals surface area contributed by atoms with Crippen LogP contribution in [-0.2, 0) is 24.1 Å². The Morgan fingerprint density at radius 1 is 1.18 bits per heavy atom. The van der Waals surface area contributed by atoms with E-state index in [0.717, 1.165) is 30.3 Å². The first-order valence-corrected chi connectivity index (χ1v) is 13.2. The Hall–Kier alpha value is -2.82. The zero-order valence-electron chi connectivity index (χ0n) is 21.9. The molecule has 2 aromatic rings. The van der Waals surface area contributed by atoms with E-state index in [0.29, 0.717) is 63.9 Å². The number of ether oxygens (including phenoxy) is 1. The number of amides is 1. The number of fused-ring (bicyclic) bond motifs is 1. The van der Waals surface area contributed by atoms with Crippen LogP contribution in [0, 0.1) is 6.92 Å². The molecule has 0 saturated heterocycles. The van der Waals surface area contributed by atoms with Crippen LogP contribution in [0.4, 0.5) is 17.6 Å². The maximum Gasteiger partial charge on any atom is 0.425 e. The fourth-order valence-electron chi connectivity index (χ4n) is 5.01. The number of nitrogens with zero attached hydrogens (tertiary/aromatic N) is 4. The SMILES string of the molecule is Cc1ncc(CC(=O)NC2CCC(F)(CCN3CCc4ccc(O[C@H](C)C(F)(F)F)nc4CC3)CC2)cn1. The highest BCUT2D eigenvalue weighted by atomic mass is 19.4. The predicted octanol–water partition coefficient (Wildman–Crippen LogP) is 4.31. The third-order valence-electron chi connectivity index (χ3n) is 7.49. The van der Waals surface area contributed by atoms with Gasteiger partial charge < -0.3 is 15.0 Å². The number of aryl methyl sites for hydroxylation is 1. The number of nitrogens with one attached hydrogen (secondary N) is 1. The summed E-state index contributed by atoms with van der Waals surface area (Å²) in [6.07, 6.45) is 0.817. The molecule has 1 aliphatic carbocycles. The van der Waals surface area contributed by atoms with Crippen LogP contribution in [-0.4, -0.2) is 69.4 Å². The van der Waals surface area contributed by atoms with Crippen LogP contribution in [0.3, 0.4) is 0 Å². The van der Waals surface area contributed by atoms with Crippen LogP contribution >= 0.6 is 0 Å². The fourth-order valence-corrected chi connectivity index (χ4v) is 5.01. The van der Waals surface area contributed by atoms with Crippen LogP contribution in [0.15, 0.2) is 24.5 Å². The van der Waals surface area contributed by atoms with Gasteiger partial charge in [-0.1, -0.05) is 6.07 Å². The molecule has 3 heterocycles. The van der Waals surface area contributed by atoms with E-state index in [9.17, 15) is 18.0 Å². The van der Waals surface area contributed by atoms with Crippen molar-refractivity contribution in [1.82, 2.24) is 25.2 Å². The summed E-state index contributed by atoms with van der Waals surface area (Å²) < 4.78 is 59.0. The largest absolute Gasteiger partial charge is 0.465 e. The Morgan fingerprint density at radius 2 is 1.87 bits per heavy atom. The molecule has 1 saturated carbocycles. The van der Waals surface area contributed by atoms with E-state index in [2.05, 4.69) is 25.2 Å². The first-order chi connectivity index (χ1) is 18.0. The number of hydrogen-bond donors (Lipinski definition) is 1. The van der Waals surface area contributed by atoms with Gasteiger partial charge in [-0.3, -0.25) is 4.79 Å². The molecule has 0 radical (unpaired) electrons. The number of pyridine rings is 1. The molecule has 0 aromatic carbocycles. The predicted molar refractivity (Wildman–Crippen MR) is 134 cm³/mol. The number of alkyl halides is 4. The number of carbonyl (C=O) groups excluding carboxylic acids is 1. The molecule has 0 bridgehead atoms. The van der Waals surface area contributed by atoms with Crippen LogP contribution in [0.2, 0.25) is 0 Å². The van der Waals surface area contributed by atoms with E-state index in [1.165, 1.54) is 6.07 Å². The Labute approximate surface area is 220 Å². The average Bonchev–Trinajstić information content (AvgIpc) is 3.07. The monoisotopic (exact) mass is 537 g/mol. The molecule has 0 unspecified atom stereocenters. The summed E-state index contributed by atoms with van der Waals surface area (Å²) in [5, 5.41) is 3.02. The molecular weight excluding hydrogens is 502 g/mol. The molecule has 0 spiro atoms. The van der Waals surface area contributed by atoms with Gasteiger partial charge in [0.05, 0.1) is 6.42 Å². The second-order valence-electron chi connectivity index (χ2n) is 10.5. The molecule has 2 aromatic heterocycles. The zero-order valence-corrected chi connectivity index (χ0v) is 21.9. The Kier molecular flexibility index (Phi) is 8.85. The van der Waals surface area contributed by atoms with Crippen molar-refractivity contribution < 1.29 is 27.1 Å². The molecular formula is C27H35F4N5O2. The zero-order chi connectivity index (χ0) is 27.3. The number of aromatic nitrogens is 3. The molecule has 1 N–H and O–H groups in total. The molecule has 1 fully saturated rings. The van der Waals surface area contributed by atoms with E-state index in [-0.39, 0.29) is 24.2 Å². The molecule has 38 heavy (non-hydrogen) atoms. The minimum Gasteiger partial charge on any atom is -0.465 e. The van der Waals surface area contributed by atoms with Gasteiger partial charge in [0.1, 0.15) is 11.5 Å². The average molecular weight is 538 g/mol. The van der Waals surface area contributed by atoms with Gasteiger partial charge in [-0.15, -0.1) is 0 Å². The summed E-state index contributed by atoms with van der Waals surface area (Å²) in [5.41, 5.74) is 1.21. The molecule has 11 heteroatoms. The molecule has 2 aliphatic rings. The highest BCUT2D eigenvalue weighted by Crippen LogP contribution is 2.35. The van der Waals surface area contributed by atoms with Crippen LogP contribution in [0.1, 0.15) is 61.7 Å². The number of halogens is 4. The van der Waals surface area contributed by atoms with Crippen molar-refractivity contribution >= 4 is 5.91 Å². The minimum atomic E-state index is -4.45. The van der Waals surface area contributed by atoms with E-state index in [1.54, 1.807) is 25.4 Å². The van der Waals surface area contributed by atoms with Gasteiger partial charge in [0.15, 0.2) is 6.10 Å². The maximum absolute atomic E-state index is 15.6. The van der Waals surface area contributed by atoms with Crippen molar-refractivity contribution in [2.45, 2.75) is 89.2 Å². The van der Waals surface area contributed by atoms with Crippen molar-refractivity contribution in [3.8, 4) is 5.88 Å². The summed E-state index contributed by atoms with van der Waals surface area (Å²) in [5.74, 6) is 0.522. The number of rotatable bonds is 8. The first-order valence-electron chi connectivity index (χ1n) is 13.2.